The van der Waals surface area contributed by atoms with Gasteiger partial charge in [-0.2, -0.15) is 0 Å². The normalized spacial score (nSPS) is 11.4. The molecule has 0 spiro atoms. The van der Waals surface area contributed by atoms with Gasteiger partial charge in [0.25, 0.3) is 0 Å². The van der Waals surface area contributed by atoms with E-state index >= 15 is 4.39 Å². The summed E-state index contributed by atoms with van der Waals surface area (Å²) in [5.74, 6) is -2.19. The molecule has 0 saturated heterocycles. The number of rotatable bonds is 6. The van der Waals surface area contributed by atoms with Crippen LogP contribution in [0, 0.1) is 17.5 Å². The monoisotopic (exact) mass is 370 g/mol. The molecule has 0 aliphatic heterocycles. The molecular formula is C23H21F3O. The van der Waals surface area contributed by atoms with Crippen LogP contribution in [0.3, 0.4) is 0 Å². The Morgan fingerprint density at radius 1 is 0.926 bits per heavy atom. The molecule has 0 aliphatic rings. The van der Waals surface area contributed by atoms with E-state index in [1.54, 1.807) is 36.4 Å². The zero-order valence-electron chi connectivity index (χ0n) is 15.4. The first-order valence-corrected chi connectivity index (χ1v) is 9.00. The van der Waals surface area contributed by atoms with Crippen LogP contribution >= 0.6 is 0 Å². The first kappa shape index (κ1) is 19.0. The van der Waals surface area contributed by atoms with Crippen LogP contribution in [0.25, 0.3) is 21.9 Å². The minimum Gasteiger partial charge on any atom is -0.490 e. The van der Waals surface area contributed by atoms with E-state index < -0.39 is 17.5 Å². The molecular weight excluding hydrogens is 349 g/mol. The van der Waals surface area contributed by atoms with E-state index in [-0.39, 0.29) is 16.5 Å². The summed E-state index contributed by atoms with van der Waals surface area (Å²) in [5.41, 5.74) is 1.08. The quantitative estimate of drug-likeness (QED) is 0.432. The van der Waals surface area contributed by atoms with Crippen molar-refractivity contribution in [1.29, 1.82) is 0 Å². The van der Waals surface area contributed by atoms with Gasteiger partial charge in [-0.05, 0) is 48.1 Å². The summed E-state index contributed by atoms with van der Waals surface area (Å²) < 4.78 is 49.3. The van der Waals surface area contributed by atoms with E-state index in [1.165, 1.54) is 6.07 Å². The second-order valence-electron chi connectivity index (χ2n) is 6.34. The predicted octanol–water partition coefficient (Wildman–Crippen LogP) is 6.83. The van der Waals surface area contributed by atoms with Gasteiger partial charge in [0, 0.05) is 5.56 Å². The summed E-state index contributed by atoms with van der Waals surface area (Å²) in [6.45, 7) is 4.24. The lowest BCUT2D eigenvalue weighted by molar-refractivity contribution is 0.363. The molecule has 0 N–H and O–H groups in total. The van der Waals surface area contributed by atoms with E-state index in [9.17, 15) is 8.78 Å². The Morgan fingerprint density at radius 3 is 2.33 bits per heavy atom. The molecule has 4 heteroatoms. The van der Waals surface area contributed by atoms with Crippen LogP contribution in [-0.2, 0) is 6.42 Å². The summed E-state index contributed by atoms with van der Waals surface area (Å²) in [4.78, 5) is 0. The molecule has 0 saturated carbocycles. The zero-order chi connectivity index (χ0) is 19.4. The SMILES string of the molecule is CC=CCOc1ccc(-c2ccc3cc(CCC)c(F)c(F)c3c2F)cc1. The van der Waals surface area contributed by atoms with Gasteiger partial charge in [-0.25, -0.2) is 13.2 Å². The molecule has 0 heterocycles. The minimum atomic E-state index is -1.12. The number of halogens is 3. The van der Waals surface area contributed by atoms with Crippen LogP contribution in [0.4, 0.5) is 13.2 Å². The highest BCUT2D eigenvalue weighted by Crippen LogP contribution is 2.33. The van der Waals surface area contributed by atoms with Crippen molar-refractivity contribution >= 4 is 10.8 Å². The summed E-state index contributed by atoms with van der Waals surface area (Å²) in [6.07, 6.45) is 4.86. The Hall–Kier alpha value is -2.75. The van der Waals surface area contributed by atoms with Gasteiger partial charge in [0.1, 0.15) is 18.2 Å². The van der Waals surface area contributed by atoms with E-state index in [2.05, 4.69) is 0 Å². The van der Waals surface area contributed by atoms with Gasteiger partial charge in [0.2, 0.25) is 0 Å². The van der Waals surface area contributed by atoms with Crippen LogP contribution in [0.15, 0.2) is 54.6 Å². The van der Waals surface area contributed by atoms with Crippen LogP contribution in [0.1, 0.15) is 25.8 Å². The molecule has 0 aromatic heterocycles. The van der Waals surface area contributed by atoms with Gasteiger partial charge in [0.05, 0.1) is 5.39 Å². The first-order chi connectivity index (χ1) is 13.1. The van der Waals surface area contributed by atoms with Crippen molar-refractivity contribution in [3.05, 3.63) is 77.6 Å². The van der Waals surface area contributed by atoms with E-state index in [4.69, 9.17) is 4.74 Å². The number of aryl methyl sites for hydroxylation is 1. The second kappa shape index (κ2) is 8.30. The highest BCUT2D eigenvalue weighted by molar-refractivity contribution is 5.89. The maximum atomic E-state index is 15.0. The van der Waals surface area contributed by atoms with Crippen molar-refractivity contribution in [2.75, 3.05) is 6.61 Å². The van der Waals surface area contributed by atoms with Gasteiger partial charge >= 0.3 is 0 Å². The van der Waals surface area contributed by atoms with Crippen molar-refractivity contribution in [2.45, 2.75) is 26.7 Å². The third kappa shape index (κ3) is 3.85. The Labute approximate surface area is 157 Å². The van der Waals surface area contributed by atoms with Crippen LogP contribution in [0.2, 0.25) is 0 Å². The predicted molar refractivity (Wildman–Crippen MR) is 104 cm³/mol. The molecule has 3 aromatic carbocycles. The number of ether oxygens (including phenoxy) is 1. The smallest absolute Gasteiger partial charge is 0.169 e. The Bertz CT molecular complexity index is 975. The molecule has 3 rings (SSSR count). The molecule has 0 radical (unpaired) electrons. The molecule has 0 bridgehead atoms. The molecule has 0 aliphatic carbocycles. The number of fused-ring (bicyclic) bond motifs is 1. The molecule has 0 unspecified atom stereocenters. The van der Waals surface area contributed by atoms with Crippen molar-refractivity contribution < 1.29 is 17.9 Å². The summed E-state index contributed by atoms with van der Waals surface area (Å²) in [5, 5.41) is 0.0585. The van der Waals surface area contributed by atoms with Crippen LogP contribution in [-0.4, -0.2) is 6.61 Å². The van der Waals surface area contributed by atoms with Crippen LogP contribution < -0.4 is 4.74 Å². The van der Waals surface area contributed by atoms with E-state index in [1.807, 2.05) is 26.0 Å². The average molecular weight is 370 g/mol. The number of benzene rings is 3. The number of hydrogen-bond donors (Lipinski definition) is 0. The fourth-order valence-corrected chi connectivity index (χ4v) is 3.08. The van der Waals surface area contributed by atoms with Gasteiger partial charge in [-0.3, -0.25) is 0 Å². The molecule has 140 valence electrons. The number of hydrogen-bond acceptors (Lipinski definition) is 1. The van der Waals surface area contributed by atoms with E-state index in [0.717, 1.165) is 0 Å². The Balaban J connectivity index is 2.02. The molecule has 3 aromatic rings. The molecule has 0 atom stereocenters. The van der Waals surface area contributed by atoms with Gasteiger partial charge in [-0.1, -0.05) is 49.8 Å². The average Bonchev–Trinajstić information content (AvgIpc) is 2.67. The largest absolute Gasteiger partial charge is 0.490 e. The standard InChI is InChI=1S/C23H21F3O/c1-3-5-13-27-18-10-7-15(8-11-18)19-12-9-16-14-17(6-4-2)21(24)23(26)20(16)22(19)25/h3,5,7-12,14H,4,6,13H2,1-2H3. The van der Waals surface area contributed by atoms with Gasteiger partial charge in [-0.15, -0.1) is 0 Å². The van der Waals surface area contributed by atoms with Gasteiger partial charge < -0.3 is 4.74 Å². The topological polar surface area (TPSA) is 9.23 Å². The van der Waals surface area contributed by atoms with Gasteiger partial charge in [0.15, 0.2) is 11.6 Å². The van der Waals surface area contributed by atoms with Crippen molar-refractivity contribution in [3.8, 4) is 16.9 Å². The van der Waals surface area contributed by atoms with Crippen molar-refractivity contribution in [2.24, 2.45) is 0 Å². The zero-order valence-corrected chi connectivity index (χ0v) is 15.4. The summed E-state index contributed by atoms with van der Waals surface area (Å²) in [7, 11) is 0. The summed E-state index contributed by atoms with van der Waals surface area (Å²) in [6, 6.07) is 11.6. The lowest BCUT2D eigenvalue weighted by Crippen LogP contribution is -1.99. The number of allylic oxidation sites excluding steroid dienone is 1. The van der Waals surface area contributed by atoms with Crippen molar-refractivity contribution in [1.82, 2.24) is 0 Å². The fourth-order valence-electron chi connectivity index (χ4n) is 3.08. The van der Waals surface area contributed by atoms with E-state index in [0.29, 0.717) is 36.1 Å². The Morgan fingerprint density at radius 2 is 1.67 bits per heavy atom. The fraction of sp³-hybridized carbons (Fsp3) is 0.217. The minimum absolute atomic E-state index is 0.226. The maximum absolute atomic E-state index is 15.0. The molecule has 0 fully saturated rings. The lowest BCUT2D eigenvalue weighted by Gasteiger charge is -2.11. The summed E-state index contributed by atoms with van der Waals surface area (Å²) >= 11 is 0. The van der Waals surface area contributed by atoms with Crippen LogP contribution in [0.5, 0.6) is 5.75 Å². The third-order valence-electron chi connectivity index (χ3n) is 4.46. The van der Waals surface area contributed by atoms with Crippen molar-refractivity contribution in [3.63, 3.8) is 0 Å². The Kier molecular flexibility index (Phi) is 5.84. The second-order valence-corrected chi connectivity index (χ2v) is 6.34. The highest BCUT2D eigenvalue weighted by atomic mass is 19.2. The highest BCUT2D eigenvalue weighted by Gasteiger charge is 2.19. The first-order valence-electron chi connectivity index (χ1n) is 9.00. The molecule has 0 amide bonds. The molecule has 27 heavy (non-hydrogen) atoms. The maximum Gasteiger partial charge on any atom is 0.169 e. The third-order valence-corrected chi connectivity index (χ3v) is 4.46. The lowest BCUT2D eigenvalue weighted by atomic mass is 9.97. The molecule has 1 nitrogen and oxygen atoms in total.